The maximum atomic E-state index is 12.8. The molecule has 1 aromatic rings. The number of para-hydroxylation sites is 1. The third kappa shape index (κ3) is 6.51. The zero-order valence-corrected chi connectivity index (χ0v) is 17.1. The summed E-state index contributed by atoms with van der Waals surface area (Å²) in [6, 6.07) is 9.85. The van der Waals surface area contributed by atoms with Gasteiger partial charge in [0.25, 0.3) is 5.91 Å². The highest BCUT2D eigenvalue weighted by atomic mass is 32.2. The van der Waals surface area contributed by atoms with Crippen LogP contribution in [-0.4, -0.2) is 55.8 Å². The van der Waals surface area contributed by atoms with Crippen molar-refractivity contribution in [2.45, 2.75) is 32.6 Å². The minimum Gasteiger partial charge on any atom is -0.369 e. The minimum absolute atomic E-state index is 0.356. The maximum Gasteiger partial charge on any atom is 0.259 e. The van der Waals surface area contributed by atoms with Gasteiger partial charge in [0.1, 0.15) is 5.92 Å². The van der Waals surface area contributed by atoms with Gasteiger partial charge in [0.05, 0.1) is 5.75 Å². The predicted octanol–water partition coefficient (Wildman–Crippen LogP) is 1.84. The highest BCUT2D eigenvalue weighted by molar-refractivity contribution is 7.89. The van der Waals surface area contributed by atoms with Crippen molar-refractivity contribution in [2.24, 2.45) is 5.92 Å². The number of nitrogens with zero attached hydrogens (tertiary/aromatic N) is 2. The molecule has 2 rings (SSSR count). The van der Waals surface area contributed by atoms with E-state index < -0.39 is 27.6 Å². The van der Waals surface area contributed by atoms with Gasteiger partial charge in [-0.2, -0.15) is 4.31 Å². The molecule has 1 heterocycles. The van der Waals surface area contributed by atoms with Gasteiger partial charge in [-0.1, -0.05) is 43.9 Å². The van der Waals surface area contributed by atoms with Crippen LogP contribution >= 0.6 is 0 Å². The fourth-order valence-electron chi connectivity index (χ4n) is 3.10. The Bertz CT molecular complexity index is 779. The first kappa shape index (κ1) is 22.2. The standard InChI is InChI=1S/C20H29N3O4S/c1-2-3-4-5-7-10-18(20(24)21-25)17-28(26,27)23-15-13-22(14-16-23)19-11-8-6-9-12-19/h6,8-9,11-12,18,25H,2-5,13-17H2,1H3,(H,21,24). The Kier molecular flexibility index (Phi) is 8.77. The number of sulfonamides is 1. The predicted molar refractivity (Wildman–Crippen MR) is 109 cm³/mol. The molecule has 1 atom stereocenters. The van der Waals surface area contributed by atoms with Gasteiger partial charge in [0.2, 0.25) is 10.0 Å². The largest absolute Gasteiger partial charge is 0.369 e. The summed E-state index contributed by atoms with van der Waals surface area (Å²) in [6.07, 6.45) is 3.62. The van der Waals surface area contributed by atoms with Crippen LogP contribution in [0.4, 0.5) is 5.69 Å². The summed E-state index contributed by atoms with van der Waals surface area (Å²) in [5.41, 5.74) is 2.60. The Morgan fingerprint density at radius 2 is 1.86 bits per heavy atom. The molecule has 1 unspecified atom stereocenters. The molecule has 7 nitrogen and oxygen atoms in total. The summed E-state index contributed by atoms with van der Waals surface area (Å²) < 4.78 is 27.0. The quantitative estimate of drug-likeness (QED) is 0.297. The van der Waals surface area contributed by atoms with Gasteiger partial charge in [-0.3, -0.25) is 10.0 Å². The molecule has 1 aromatic carbocycles. The van der Waals surface area contributed by atoms with Crippen molar-refractivity contribution in [3.05, 3.63) is 30.3 Å². The van der Waals surface area contributed by atoms with Crippen molar-refractivity contribution in [3.8, 4) is 11.8 Å². The van der Waals surface area contributed by atoms with Crippen molar-refractivity contribution in [2.75, 3.05) is 36.8 Å². The van der Waals surface area contributed by atoms with E-state index in [0.717, 1.165) is 24.9 Å². The molecule has 1 amide bonds. The van der Waals surface area contributed by atoms with Gasteiger partial charge < -0.3 is 4.90 Å². The molecule has 0 aliphatic carbocycles. The molecule has 0 radical (unpaired) electrons. The molecule has 154 valence electrons. The third-order valence-electron chi connectivity index (χ3n) is 4.74. The molecule has 0 aromatic heterocycles. The number of hydroxylamine groups is 1. The first-order valence-electron chi connectivity index (χ1n) is 9.68. The Morgan fingerprint density at radius 3 is 2.46 bits per heavy atom. The van der Waals surface area contributed by atoms with Crippen molar-refractivity contribution in [1.29, 1.82) is 0 Å². The molecular weight excluding hydrogens is 378 g/mol. The number of nitrogens with one attached hydrogen (secondary N) is 1. The summed E-state index contributed by atoms with van der Waals surface area (Å²) in [6.45, 7) is 3.97. The fraction of sp³-hybridized carbons (Fsp3) is 0.550. The normalized spacial score (nSPS) is 16.1. The first-order valence-corrected chi connectivity index (χ1v) is 11.3. The van der Waals surface area contributed by atoms with Crippen LogP contribution in [0.3, 0.4) is 0 Å². The lowest BCUT2D eigenvalue weighted by Crippen LogP contribution is -2.50. The van der Waals surface area contributed by atoms with E-state index in [1.807, 2.05) is 30.3 Å². The van der Waals surface area contributed by atoms with E-state index >= 15 is 0 Å². The van der Waals surface area contributed by atoms with Gasteiger partial charge in [-0.05, 0) is 18.6 Å². The third-order valence-corrected chi connectivity index (χ3v) is 6.65. The smallest absolute Gasteiger partial charge is 0.259 e. The highest BCUT2D eigenvalue weighted by Gasteiger charge is 2.31. The second kappa shape index (κ2) is 11.1. The number of piperazine rings is 1. The number of carbonyl (C=O) groups is 1. The number of amides is 1. The molecule has 1 saturated heterocycles. The van der Waals surface area contributed by atoms with Crippen LogP contribution in [-0.2, 0) is 14.8 Å². The van der Waals surface area contributed by atoms with E-state index in [9.17, 15) is 13.2 Å². The van der Waals surface area contributed by atoms with E-state index in [1.165, 1.54) is 9.79 Å². The van der Waals surface area contributed by atoms with Gasteiger partial charge in [0, 0.05) is 38.3 Å². The van der Waals surface area contributed by atoms with Crippen molar-refractivity contribution >= 4 is 21.6 Å². The van der Waals surface area contributed by atoms with Gasteiger partial charge in [-0.25, -0.2) is 13.9 Å². The molecule has 0 bridgehead atoms. The van der Waals surface area contributed by atoms with E-state index in [2.05, 4.69) is 23.7 Å². The molecule has 28 heavy (non-hydrogen) atoms. The number of hydrogen-bond acceptors (Lipinski definition) is 5. The lowest BCUT2D eigenvalue weighted by Gasteiger charge is -2.35. The van der Waals surface area contributed by atoms with Crippen molar-refractivity contribution < 1.29 is 18.4 Å². The number of carbonyl (C=O) groups excluding carboxylic acids is 1. The molecule has 8 heteroatoms. The van der Waals surface area contributed by atoms with Crippen molar-refractivity contribution in [3.63, 3.8) is 0 Å². The summed E-state index contributed by atoms with van der Waals surface area (Å²) in [4.78, 5) is 14.0. The fourth-order valence-corrected chi connectivity index (χ4v) is 4.69. The summed E-state index contributed by atoms with van der Waals surface area (Å²) in [7, 11) is -3.66. The summed E-state index contributed by atoms with van der Waals surface area (Å²) >= 11 is 0. The van der Waals surface area contributed by atoms with Crippen LogP contribution in [0.1, 0.15) is 32.6 Å². The molecule has 1 aliphatic heterocycles. The Balaban J connectivity index is 1.97. The molecule has 0 saturated carbocycles. The number of unbranched alkanes of at least 4 members (excludes halogenated alkanes) is 3. The van der Waals surface area contributed by atoms with E-state index in [4.69, 9.17) is 5.21 Å². The molecular formula is C20H29N3O4S. The van der Waals surface area contributed by atoms with Crippen LogP contribution < -0.4 is 10.4 Å². The molecule has 2 N–H and O–H groups in total. The number of rotatable bonds is 8. The van der Waals surface area contributed by atoms with Crippen LogP contribution in [0.25, 0.3) is 0 Å². The lowest BCUT2D eigenvalue weighted by molar-refractivity contribution is -0.131. The van der Waals surface area contributed by atoms with E-state index in [1.54, 1.807) is 0 Å². The molecule has 1 fully saturated rings. The van der Waals surface area contributed by atoms with Gasteiger partial charge >= 0.3 is 0 Å². The number of anilines is 1. The zero-order valence-electron chi connectivity index (χ0n) is 16.3. The average Bonchev–Trinajstić information content (AvgIpc) is 2.73. The zero-order chi connectivity index (χ0) is 20.4. The highest BCUT2D eigenvalue weighted by Crippen LogP contribution is 2.18. The second-order valence-corrected chi connectivity index (χ2v) is 8.82. The van der Waals surface area contributed by atoms with Gasteiger partial charge in [0.15, 0.2) is 0 Å². The van der Waals surface area contributed by atoms with E-state index in [-0.39, 0.29) is 0 Å². The van der Waals surface area contributed by atoms with Gasteiger partial charge in [-0.15, -0.1) is 5.92 Å². The van der Waals surface area contributed by atoms with E-state index in [0.29, 0.717) is 32.6 Å². The van der Waals surface area contributed by atoms with Crippen LogP contribution in [0.15, 0.2) is 30.3 Å². The first-order chi connectivity index (χ1) is 13.5. The number of hydrogen-bond donors (Lipinski definition) is 2. The maximum absolute atomic E-state index is 12.8. The Hall–Kier alpha value is -2.08. The molecule has 0 spiro atoms. The van der Waals surface area contributed by atoms with Crippen LogP contribution in [0, 0.1) is 17.8 Å². The summed E-state index contributed by atoms with van der Waals surface area (Å²) in [5.74, 6) is 3.31. The SMILES string of the molecule is CCCCCC#CC(CS(=O)(=O)N1CCN(c2ccccc2)CC1)C(=O)NO. The minimum atomic E-state index is -3.66. The topological polar surface area (TPSA) is 90.0 Å². The second-order valence-electron chi connectivity index (χ2n) is 6.81. The number of benzene rings is 1. The van der Waals surface area contributed by atoms with Crippen LogP contribution in [0.2, 0.25) is 0 Å². The Labute approximate surface area is 167 Å². The average molecular weight is 408 g/mol. The molecule has 1 aliphatic rings. The monoisotopic (exact) mass is 407 g/mol. The van der Waals surface area contributed by atoms with Crippen LogP contribution in [0.5, 0.6) is 0 Å². The summed E-state index contributed by atoms with van der Waals surface area (Å²) in [5, 5.41) is 8.93. The Morgan fingerprint density at radius 1 is 1.18 bits per heavy atom. The van der Waals surface area contributed by atoms with Crippen molar-refractivity contribution in [1.82, 2.24) is 9.79 Å². The lowest BCUT2D eigenvalue weighted by atomic mass is 10.1.